The Balaban J connectivity index is 0.00000121. The van der Waals surface area contributed by atoms with Crippen molar-refractivity contribution in [2.24, 2.45) is 0 Å². The van der Waals surface area contributed by atoms with Crippen LogP contribution < -0.4 is 28.6 Å². The van der Waals surface area contributed by atoms with Gasteiger partial charge in [0.15, 0.2) is 0 Å². The Morgan fingerprint density at radius 3 is 1.85 bits per heavy atom. The van der Waals surface area contributed by atoms with Crippen LogP contribution in [0.15, 0.2) is 52.4 Å². The summed E-state index contributed by atoms with van der Waals surface area (Å²) in [4.78, 5) is 0. The summed E-state index contributed by atoms with van der Waals surface area (Å²) in [6.45, 7) is 4.53. The molecular formula is C22H29Cl2NSiTi. The maximum atomic E-state index is 3.91. The number of hydrogen-bond donors (Lipinski definition) is 1. The molecule has 0 radical (unpaired) electrons. The zero-order valence-corrected chi connectivity index (χ0v) is 18.8. The standard InChI is InChI=1S/C17H11.C3H8N.2CH3.2ClH.H4Si.Ti/c1-3-8-14-12(6-1)13-7-2-4-9-15(13)17-11-5-10-16(14)17;1-3(2)4;;;;;;/h1-4,6-10H,11H2;3-4H,1-2H3;2*1H3;2*1H;1H4;/q;-1;;;;;;+3/p-2. The molecule has 1 aliphatic carbocycles. The molecule has 0 aliphatic heterocycles. The Morgan fingerprint density at radius 2 is 1.30 bits per heavy atom. The van der Waals surface area contributed by atoms with Crippen LogP contribution in [0.4, 0.5) is 0 Å². The van der Waals surface area contributed by atoms with Crippen molar-refractivity contribution in [2.75, 3.05) is 0 Å². The summed E-state index contributed by atoms with van der Waals surface area (Å²) < 4.78 is 5.58. The van der Waals surface area contributed by atoms with Gasteiger partial charge in [0.2, 0.25) is 0 Å². The fourth-order valence-electron chi connectivity index (χ4n) is 4.23. The smallest absolute Gasteiger partial charge is 0.0149 e. The Bertz CT molecular complexity index is 983. The molecule has 0 spiro atoms. The Labute approximate surface area is 183 Å². The third-order valence-corrected chi connectivity index (χ3v) is 10.3. The first-order valence-electron chi connectivity index (χ1n) is 8.88. The van der Waals surface area contributed by atoms with Crippen molar-refractivity contribution in [3.8, 4) is 0 Å². The first-order chi connectivity index (χ1) is 11.5. The van der Waals surface area contributed by atoms with E-state index in [1.54, 1.807) is 3.88 Å². The number of benzene rings is 3. The average molecular weight is 454 g/mol. The summed E-state index contributed by atoms with van der Waals surface area (Å²) in [6.07, 6.45) is 3.63. The van der Waals surface area contributed by atoms with Gasteiger partial charge < -0.3 is 24.8 Å². The molecule has 1 N–H and O–H groups in total. The molecule has 0 fully saturated rings. The second-order valence-corrected chi connectivity index (χ2v) is 14.3. The summed E-state index contributed by atoms with van der Waals surface area (Å²) >= 11 is -2.16. The van der Waals surface area contributed by atoms with E-state index < -0.39 is 16.8 Å². The maximum Gasteiger partial charge on any atom is -0.0149 e. The molecule has 4 rings (SSSR count). The molecule has 3 aromatic rings. The van der Waals surface area contributed by atoms with Gasteiger partial charge in [-0.25, -0.2) is 0 Å². The van der Waals surface area contributed by atoms with E-state index in [9.17, 15) is 0 Å². The minimum atomic E-state index is -2.16. The molecule has 27 heavy (non-hydrogen) atoms. The third kappa shape index (κ3) is 4.37. The quantitative estimate of drug-likeness (QED) is 0.380. The van der Waals surface area contributed by atoms with E-state index in [4.69, 9.17) is 0 Å². The number of fused-ring (bicyclic) bond motifs is 6. The van der Waals surface area contributed by atoms with Crippen molar-refractivity contribution in [1.82, 2.24) is 3.80 Å². The minimum absolute atomic E-state index is 0. The van der Waals surface area contributed by atoms with Gasteiger partial charge in [0.1, 0.15) is 0 Å². The van der Waals surface area contributed by atoms with E-state index in [1.807, 2.05) is 0 Å². The van der Waals surface area contributed by atoms with Crippen LogP contribution in [-0.4, -0.2) is 17.0 Å². The van der Waals surface area contributed by atoms with Crippen molar-refractivity contribution in [2.45, 2.75) is 36.8 Å². The first-order valence-corrected chi connectivity index (χ1v) is 13.6. The molecule has 3 aromatic carbocycles. The van der Waals surface area contributed by atoms with Crippen LogP contribution in [0.5, 0.6) is 0 Å². The Hall–Kier alpha value is -0.609. The summed E-state index contributed by atoms with van der Waals surface area (Å²) in [5.41, 5.74) is 2.99. The van der Waals surface area contributed by atoms with E-state index >= 15 is 0 Å². The molecule has 0 aromatic heterocycles. The van der Waals surface area contributed by atoms with Crippen molar-refractivity contribution >= 4 is 38.6 Å². The zero-order chi connectivity index (χ0) is 16.9. The van der Waals surface area contributed by atoms with Gasteiger partial charge in [0.25, 0.3) is 0 Å². The average Bonchev–Trinajstić information content (AvgIpc) is 3.01. The van der Waals surface area contributed by atoms with Gasteiger partial charge in [-0.3, -0.25) is 0 Å². The number of rotatable bonds is 3. The number of allylic oxidation sites excluding steroid dienone is 1. The van der Waals surface area contributed by atoms with Gasteiger partial charge in [-0.1, -0.05) is 0 Å². The van der Waals surface area contributed by atoms with E-state index in [-0.39, 0.29) is 35.8 Å². The fraction of sp³-hybridized carbons (Fsp3) is 0.273. The Morgan fingerprint density at radius 1 is 0.815 bits per heavy atom. The molecular weight excluding hydrogens is 425 g/mol. The van der Waals surface area contributed by atoms with Gasteiger partial charge in [-0.05, 0) is 11.0 Å². The van der Waals surface area contributed by atoms with E-state index in [0.29, 0.717) is 6.04 Å². The molecule has 0 unspecified atom stereocenters. The molecule has 144 valence electrons. The maximum absolute atomic E-state index is 3.91. The summed E-state index contributed by atoms with van der Waals surface area (Å²) in [7, 11) is 0. The van der Waals surface area contributed by atoms with Crippen molar-refractivity contribution < 1.29 is 41.7 Å². The van der Waals surface area contributed by atoms with Crippen LogP contribution >= 0.6 is 0 Å². The van der Waals surface area contributed by atoms with Gasteiger partial charge >= 0.3 is 149 Å². The molecule has 0 atom stereocenters. The van der Waals surface area contributed by atoms with Crippen LogP contribution in [-0.2, 0) is 23.3 Å². The van der Waals surface area contributed by atoms with E-state index in [0.717, 1.165) is 6.42 Å². The fourth-order valence-corrected chi connectivity index (χ4v) is 8.53. The van der Waals surface area contributed by atoms with E-state index in [1.165, 1.54) is 32.7 Å². The van der Waals surface area contributed by atoms with Gasteiger partial charge in [0, 0.05) is 0 Å². The SMILES string of the molecule is CC(C)[NH][Ti+2]([CH3])([CH3])[C]1=Cc2c(c3ccccc3c3ccccc23)C1.[Cl-].[Cl-].[SiH4]. The topological polar surface area (TPSA) is 12.0 Å². The van der Waals surface area contributed by atoms with Gasteiger partial charge in [-0.15, -0.1) is 0 Å². The van der Waals surface area contributed by atoms with Crippen molar-refractivity contribution in [3.63, 3.8) is 0 Å². The number of nitrogens with one attached hydrogen (secondary N) is 1. The number of hydrogen-bond acceptors (Lipinski definition) is 1. The summed E-state index contributed by atoms with van der Waals surface area (Å²) in [5, 5.41) is 10.6. The second-order valence-electron chi connectivity index (χ2n) is 7.75. The van der Waals surface area contributed by atoms with Crippen LogP contribution in [0.3, 0.4) is 0 Å². The van der Waals surface area contributed by atoms with Crippen LogP contribution in [0, 0.1) is 0 Å². The van der Waals surface area contributed by atoms with Crippen molar-refractivity contribution in [1.29, 1.82) is 0 Å². The summed E-state index contributed by atoms with van der Waals surface area (Å²) in [6, 6.07) is 18.3. The van der Waals surface area contributed by atoms with Gasteiger partial charge in [0.05, 0.1) is 0 Å². The van der Waals surface area contributed by atoms with Crippen LogP contribution in [0.1, 0.15) is 25.0 Å². The van der Waals surface area contributed by atoms with Crippen LogP contribution in [0.25, 0.3) is 27.6 Å². The molecule has 5 heteroatoms. The molecule has 0 bridgehead atoms. The Kier molecular flexibility index (Phi) is 8.38. The molecule has 0 heterocycles. The first kappa shape index (κ1) is 24.4. The van der Waals surface area contributed by atoms with Crippen molar-refractivity contribution in [3.05, 3.63) is 63.5 Å². The van der Waals surface area contributed by atoms with Gasteiger partial charge in [-0.2, -0.15) is 0 Å². The molecule has 0 saturated heterocycles. The monoisotopic (exact) mass is 453 g/mol. The molecule has 1 nitrogen and oxygen atoms in total. The molecule has 0 amide bonds. The second kappa shape index (κ2) is 9.26. The largest absolute Gasteiger partial charge is 1.00 e. The normalized spacial score (nSPS) is 12.3. The predicted molar refractivity (Wildman–Crippen MR) is 114 cm³/mol. The minimum Gasteiger partial charge on any atom is -1.00 e. The number of halogens is 2. The third-order valence-electron chi connectivity index (χ3n) is 5.22. The molecule has 0 saturated carbocycles. The predicted octanol–water partition coefficient (Wildman–Crippen LogP) is -1.39. The zero-order valence-electron chi connectivity index (χ0n) is 15.7. The van der Waals surface area contributed by atoms with Crippen LogP contribution in [0.2, 0.25) is 10.5 Å². The molecule has 1 aliphatic rings. The summed E-state index contributed by atoms with van der Waals surface area (Å²) in [5.74, 6) is 0. The van der Waals surface area contributed by atoms with E-state index in [2.05, 4.69) is 82.7 Å².